The zero-order valence-corrected chi connectivity index (χ0v) is 29.4. The van der Waals surface area contributed by atoms with Crippen LogP contribution in [0.25, 0.3) is 98.4 Å². The highest BCUT2D eigenvalue weighted by Crippen LogP contribution is 2.55. The summed E-state index contributed by atoms with van der Waals surface area (Å²) in [6, 6.07) is 56.2. The van der Waals surface area contributed by atoms with Gasteiger partial charge in [0.05, 0.1) is 22.1 Å². The minimum Gasteiger partial charge on any atom is -0.309 e. The van der Waals surface area contributed by atoms with Crippen LogP contribution in [0.3, 0.4) is 0 Å². The van der Waals surface area contributed by atoms with Crippen LogP contribution in [0.4, 0.5) is 0 Å². The Kier molecular flexibility index (Phi) is 5.57. The fourth-order valence-corrected chi connectivity index (χ4v) is 9.90. The fourth-order valence-electron chi connectivity index (χ4n) is 9.90. The predicted molar refractivity (Wildman–Crippen MR) is 223 cm³/mol. The molecule has 3 heterocycles. The molecular weight excluding hydrogens is 643 g/mol. The summed E-state index contributed by atoms with van der Waals surface area (Å²) in [4.78, 5) is 4.65. The molecule has 0 atom stereocenters. The molecule has 53 heavy (non-hydrogen) atoms. The minimum atomic E-state index is -0.212. The summed E-state index contributed by atoms with van der Waals surface area (Å²) in [7, 11) is 0. The monoisotopic (exact) mass is 675 g/mol. The van der Waals surface area contributed by atoms with Gasteiger partial charge in [-0.05, 0) is 103 Å². The number of benzene rings is 8. The van der Waals surface area contributed by atoms with Gasteiger partial charge in [-0.15, -0.1) is 0 Å². The van der Waals surface area contributed by atoms with Gasteiger partial charge in [-0.1, -0.05) is 117 Å². The van der Waals surface area contributed by atoms with Crippen molar-refractivity contribution in [3.05, 3.63) is 175 Å². The lowest BCUT2D eigenvalue weighted by molar-refractivity contribution is 0.667. The van der Waals surface area contributed by atoms with Crippen LogP contribution in [0.5, 0.6) is 0 Å². The maximum absolute atomic E-state index is 4.65. The van der Waals surface area contributed by atoms with E-state index in [0.29, 0.717) is 0 Å². The van der Waals surface area contributed by atoms with Crippen molar-refractivity contribution in [2.45, 2.75) is 19.3 Å². The molecule has 0 fully saturated rings. The maximum atomic E-state index is 4.65. The molecule has 3 aromatic heterocycles. The van der Waals surface area contributed by atoms with E-state index in [-0.39, 0.29) is 5.41 Å². The van der Waals surface area contributed by atoms with E-state index in [4.69, 9.17) is 0 Å². The molecular formula is C50H33N3. The van der Waals surface area contributed by atoms with Crippen LogP contribution in [0, 0.1) is 0 Å². The summed E-state index contributed by atoms with van der Waals surface area (Å²) >= 11 is 0. The number of para-hydroxylation sites is 2. The van der Waals surface area contributed by atoms with Gasteiger partial charge in [0.25, 0.3) is 0 Å². The third kappa shape index (κ3) is 3.71. The van der Waals surface area contributed by atoms with Crippen LogP contribution in [0.15, 0.2) is 164 Å². The van der Waals surface area contributed by atoms with Crippen LogP contribution in [0.2, 0.25) is 0 Å². The zero-order valence-electron chi connectivity index (χ0n) is 29.4. The van der Waals surface area contributed by atoms with Crippen LogP contribution in [-0.2, 0) is 5.41 Å². The fraction of sp³-hybridized carbons (Fsp3) is 0.0600. The molecule has 3 heteroatoms. The van der Waals surface area contributed by atoms with Crippen molar-refractivity contribution in [2.75, 3.05) is 0 Å². The topological polar surface area (TPSA) is 22.8 Å². The number of hydrogen-bond acceptors (Lipinski definition) is 1. The minimum absolute atomic E-state index is 0.212. The summed E-state index contributed by atoms with van der Waals surface area (Å²) in [5.41, 5.74) is 12.3. The van der Waals surface area contributed by atoms with E-state index in [1.165, 1.54) is 92.7 Å². The molecule has 1 aliphatic carbocycles. The molecule has 0 spiro atoms. The molecule has 0 N–H and O–H groups in total. The number of nitrogens with zero attached hydrogens (tertiary/aromatic N) is 3. The van der Waals surface area contributed by atoms with E-state index in [0.717, 1.165) is 16.9 Å². The highest BCUT2D eigenvalue weighted by atomic mass is 15.0. The van der Waals surface area contributed by atoms with Gasteiger partial charge in [-0.3, -0.25) is 4.98 Å². The first-order chi connectivity index (χ1) is 26.1. The SMILES string of the molecule is CC1(C)c2cc3c4cnccc4n(-c4cccc(-n5c6ccccc6c6ccccc65)c4)c3cc2-c2ccc3c4ccccc4c4ccccc4c3c21. The average molecular weight is 676 g/mol. The van der Waals surface area contributed by atoms with Crippen molar-refractivity contribution in [3.8, 4) is 22.5 Å². The van der Waals surface area contributed by atoms with Gasteiger partial charge < -0.3 is 9.13 Å². The number of aromatic nitrogens is 3. The number of hydrogen-bond donors (Lipinski definition) is 0. The van der Waals surface area contributed by atoms with Gasteiger partial charge in [0.2, 0.25) is 0 Å². The molecule has 1 aliphatic rings. The molecule has 8 aromatic carbocycles. The molecule has 0 unspecified atom stereocenters. The van der Waals surface area contributed by atoms with Gasteiger partial charge in [0.15, 0.2) is 0 Å². The van der Waals surface area contributed by atoms with Crippen molar-refractivity contribution >= 4 is 75.9 Å². The normalized spacial score (nSPS) is 13.6. The molecule has 0 saturated heterocycles. The van der Waals surface area contributed by atoms with Gasteiger partial charge >= 0.3 is 0 Å². The van der Waals surface area contributed by atoms with Crippen LogP contribution >= 0.6 is 0 Å². The largest absolute Gasteiger partial charge is 0.309 e. The van der Waals surface area contributed by atoms with E-state index in [9.17, 15) is 0 Å². The van der Waals surface area contributed by atoms with Gasteiger partial charge in [0.1, 0.15) is 0 Å². The molecule has 3 nitrogen and oxygen atoms in total. The van der Waals surface area contributed by atoms with Crippen molar-refractivity contribution in [3.63, 3.8) is 0 Å². The van der Waals surface area contributed by atoms with Gasteiger partial charge in [0, 0.05) is 50.7 Å². The number of pyridine rings is 1. The van der Waals surface area contributed by atoms with E-state index < -0.39 is 0 Å². The molecule has 12 rings (SSSR count). The Labute approximate surface area is 306 Å². The lowest BCUT2D eigenvalue weighted by Crippen LogP contribution is -2.15. The molecule has 11 aromatic rings. The first kappa shape index (κ1) is 28.9. The Morgan fingerprint density at radius 3 is 1.64 bits per heavy atom. The zero-order chi connectivity index (χ0) is 35.0. The van der Waals surface area contributed by atoms with Gasteiger partial charge in [-0.25, -0.2) is 0 Å². The highest BCUT2D eigenvalue weighted by Gasteiger charge is 2.38. The Hall–Kier alpha value is -6.71. The predicted octanol–water partition coefficient (Wildman–Crippen LogP) is 13.0. The molecule has 0 saturated carbocycles. The lowest BCUT2D eigenvalue weighted by atomic mass is 9.78. The van der Waals surface area contributed by atoms with Crippen LogP contribution in [0.1, 0.15) is 25.0 Å². The molecule has 0 aliphatic heterocycles. The second-order valence-electron chi connectivity index (χ2n) is 15.2. The summed E-state index contributed by atoms with van der Waals surface area (Å²) < 4.78 is 4.85. The number of fused-ring (bicyclic) bond motifs is 16. The first-order valence-electron chi connectivity index (χ1n) is 18.5. The quantitative estimate of drug-likeness (QED) is 0.167. The smallest absolute Gasteiger partial charge is 0.0571 e. The Morgan fingerprint density at radius 1 is 0.415 bits per heavy atom. The maximum Gasteiger partial charge on any atom is 0.0571 e. The van der Waals surface area contributed by atoms with Crippen molar-refractivity contribution < 1.29 is 0 Å². The first-order valence-corrected chi connectivity index (χ1v) is 18.5. The molecule has 0 bridgehead atoms. The average Bonchev–Trinajstić information content (AvgIpc) is 3.80. The summed E-state index contributed by atoms with van der Waals surface area (Å²) in [5.74, 6) is 0. The third-order valence-electron chi connectivity index (χ3n) is 12.1. The summed E-state index contributed by atoms with van der Waals surface area (Å²) in [6.07, 6.45) is 3.96. The van der Waals surface area contributed by atoms with Crippen molar-refractivity contribution in [2.24, 2.45) is 0 Å². The lowest BCUT2D eigenvalue weighted by Gasteiger charge is -2.25. The van der Waals surface area contributed by atoms with E-state index in [2.05, 4.69) is 180 Å². The number of rotatable bonds is 2. The van der Waals surface area contributed by atoms with Crippen LogP contribution in [-0.4, -0.2) is 14.1 Å². The van der Waals surface area contributed by atoms with E-state index in [1.54, 1.807) is 0 Å². The van der Waals surface area contributed by atoms with E-state index in [1.807, 2.05) is 12.4 Å². The standard InChI is InChI=1S/C50H33N3/c1-50(2)43-27-41-42-29-51-25-24-46(42)53(31-13-11-12-30(26-31)52-44-20-9-7-17-35(44)36-18-8-10-21-45(36)52)47(41)28-40(43)39-23-22-38-34-16-4-3-14-32(34)33-15-5-6-19-37(33)48(38)49(39)50/h3-29H,1-2H3. The Balaban J connectivity index is 1.15. The van der Waals surface area contributed by atoms with Gasteiger partial charge in [-0.2, -0.15) is 0 Å². The second kappa shape index (κ2) is 10.2. The molecule has 248 valence electrons. The molecule has 0 radical (unpaired) electrons. The van der Waals surface area contributed by atoms with Crippen molar-refractivity contribution in [1.82, 2.24) is 14.1 Å². The van der Waals surface area contributed by atoms with E-state index >= 15 is 0 Å². The second-order valence-corrected chi connectivity index (χ2v) is 15.2. The summed E-state index contributed by atoms with van der Waals surface area (Å²) in [5, 5.41) is 12.9. The molecule has 0 amide bonds. The van der Waals surface area contributed by atoms with Crippen molar-refractivity contribution in [1.29, 1.82) is 0 Å². The third-order valence-corrected chi connectivity index (χ3v) is 12.1. The summed E-state index contributed by atoms with van der Waals surface area (Å²) in [6.45, 7) is 4.83. The Bertz CT molecular complexity index is 3290. The van der Waals surface area contributed by atoms with Crippen LogP contribution < -0.4 is 0 Å². The Morgan fingerprint density at radius 2 is 0.962 bits per heavy atom. The highest BCUT2D eigenvalue weighted by molar-refractivity contribution is 6.27.